The van der Waals surface area contributed by atoms with Crippen molar-refractivity contribution in [1.82, 2.24) is 15.6 Å². The summed E-state index contributed by atoms with van der Waals surface area (Å²) >= 11 is 0. The van der Waals surface area contributed by atoms with Gasteiger partial charge in [0.15, 0.2) is 5.96 Å². The number of nitrogens with one attached hydrogen (secondary N) is 2. The SMILES string of the molecule is CCNC(=NCc1ncc(C)c(OC)c1C)NCCCOCC1CCOC1.I. The first-order valence-corrected chi connectivity index (χ1v) is 9.82. The summed E-state index contributed by atoms with van der Waals surface area (Å²) < 4.78 is 16.6. The van der Waals surface area contributed by atoms with Crippen LogP contribution in [-0.4, -0.2) is 57.6 Å². The molecule has 0 amide bonds. The zero-order valence-corrected chi connectivity index (χ0v) is 19.9. The molecule has 8 heteroatoms. The Morgan fingerprint density at radius 3 is 2.86 bits per heavy atom. The molecule has 1 aliphatic rings. The van der Waals surface area contributed by atoms with Gasteiger partial charge in [0.2, 0.25) is 0 Å². The maximum atomic E-state index is 5.74. The van der Waals surface area contributed by atoms with E-state index < -0.39 is 0 Å². The average Bonchev–Trinajstić information content (AvgIpc) is 3.17. The standard InChI is InChI=1S/C20H34N4O3.HI/c1-5-21-20(22-8-6-9-26-13-17-7-10-27-14-17)24-12-18-16(3)19(25-4)15(2)11-23-18;/h11,17H,5-10,12-14H2,1-4H3,(H2,21,22,24);1H. The second-order valence-electron chi connectivity index (χ2n) is 6.83. The van der Waals surface area contributed by atoms with Gasteiger partial charge in [-0.2, -0.15) is 0 Å². The summed E-state index contributed by atoms with van der Waals surface area (Å²) in [5.74, 6) is 2.25. The molecule has 7 nitrogen and oxygen atoms in total. The van der Waals surface area contributed by atoms with Crippen LogP contribution in [0.4, 0.5) is 0 Å². The number of nitrogens with zero attached hydrogens (tertiary/aromatic N) is 2. The molecule has 0 saturated carbocycles. The van der Waals surface area contributed by atoms with E-state index in [-0.39, 0.29) is 24.0 Å². The Balaban J connectivity index is 0.00000392. The van der Waals surface area contributed by atoms with Crippen molar-refractivity contribution in [1.29, 1.82) is 0 Å². The predicted molar refractivity (Wildman–Crippen MR) is 123 cm³/mol. The number of aromatic nitrogens is 1. The lowest BCUT2D eigenvalue weighted by Crippen LogP contribution is -2.38. The van der Waals surface area contributed by atoms with E-state index in [2.05, 4.69) is 27.5 Å². The van der Waals surface area contributed by atoms with Crippen molar-refractivity contribution >= 4 is 29.9 Å². The monoisotopic (exact) mass is 506 g/mol. The van der Waals surface area contributed by atoms with Crippen molar-refractivity contribution in [2.24, 2.45) is 10.9 Å². The molecule has 0 radical (unpaired) electrons. The number of ether oxygens (including phenoxy) is 3. The summed E-state index contributed by atoms with van der Waals surface area (Å²) in [6.07, 6.45) is 3.89. The van der Waals surface area contributed by atoms with Gasteiger partial charge in [-0.05, 0) is 33.6 Å². The Morgan fingerprint density at radius 2 is 2.18 bits per heavy atom. The third kappa shape index (κ3) is 8.08. The van der Waals surface area contributed by atoms with E-state index >= 15 is 0 Å². The molecule has 0 aromatic carbocycles. The molecule has 0 aliphatic carbocycles. The van der Waals surface area contributed by atoms with Crippen molar-refractivity contribution in [2.45, 2.75) is 40.2 Å². The van der Waals surface area contributed by atoms with E-state index in [1.165, 1.54) is 0 Å². The molecule has 160 valence electrons. The van der Waals surface area contributed by atoms with Crippen LogP contribution in [0.2, 0.25) is 0 Å². The van der Waals surface area contributed by atoms with Gasteiger partial charge in [-0.25, -0.2) is 4.99 Å². The molecule has 1 unspecified atom stereocenters. The highest BCUT2D eigenvalue weighted by molar-refractivity contribution is 14.0. The van der Waals surface area contributed by atoms with Crippen LogP contribution in [0.3, 0.4) is 0 Å². The van der Waals surface area contributed by atoms with Crippen LogP contribution in [0.1, 0.15) is 36.6 Å². The van der Waals surface area contributed by atoms with Gasteiger partial charge in [0, 0.05) is 49.5 Å². The largest absolute Gasteiger partial charge is 0.496 e. The van der Waals surface area contributed by atoms with Gasteiger partial charge in [-0.3, -0.25) is 4.98 Å². The number of aliphatic imine (C=N–C) groups is 1. The molecule has 2 heterocycles. The van der Waals surface area contributed by atoms with Gasteiger partial charge in [0.1, 0.15) is 5.75 Å². The minimum atomic E-state index is 0. The van der Waals surface area contributed by atoms with Gasteiger partial charge in [0.05, 0.1) is 32.6 Å². The number of guanidine groups is 1. The molecular formula is C20H35IN4O3. The fraction of sp³-hybridized carbons (Fsp3) is 0.700. The second-order valence-corrected chi connectivity index (χ2v) is 6.83. The third-order valence-corrected chi connectivity index (χ3v) is 4.62. The summed E-state index contributed by atoms with van der Waals surface area (Å²) in [6.45, 7) is 11.5. The lowest BCUT2D eigenvalue weighted by molar-refractivity contribution is 0.0888. The number of rotatable bonds is 10. The van der Waals surface area contributed by atoms with Crippen molar-refractivity contribution in [3.05, 3.63) is 23.0 Å². The van der Waals surface area contributed by atoms with Crippen molar-refractivity contribution in [3.8, 4) is 5.75 Å². The molecule has 1 saturated heterocycles. The normalized spacial score (nSPS) is 16.6. The first kappa shape index (κ1) is 24.9. The van der Waals surface area contributed by atoms with Gasteiger partial charge < -0.3 is 24.8 Å². The smallest absolute Gasteiger partial charge is 0.191 e. The summed E-state index contributed by atoms with van der Waals surface area (Å²) in [5, 5.41) is 6.62. The molecule has 2 N–H and O–H groups in total. The minimum Gasteiger partial charge on any atom is -0.496 e. The predicted octanol–water partition coefficient (Wildman–Crippen LogP) is 2.82. The molecular weight excluding hydrogens is 471 g/mol. The zero-order chi connectivity index (χ0) is 19.5. The van der Waals surface area contributed by atoms with Gasteiger partial charge in [-0.15, -0.1) is 24.0 Å². The summed E-state index contributed by atoms with van der Waals surface area (Å²) in [7, 11) is 1.69. The minimum absolute atomic E-state index is 0. The van der Waals surface area contributed by atoms with Crippen molar-refractivity contribution < 1.29 is 14.2 Å². The molecule has 0 bridgehead atoms. The zero-order valence-electron chi connectivity index (χ0n) is 17.5. The van der Waals surface area contributed by atoms with E-state index in [1.54, 1.807) is 7.11 Å². The van der Waals surface area contributed by atoms with Crippen LogP contribution in [0.15, 0.2) is 11.2 Å². The van der Waals surface area contributed by atoms with Gasteiger partial charge >= 0.3 is 0 Å². The molecule has 1 atom stereocenters. The Morgan fingerprint density at radius 1 is 1.36 bits per heavy atom. The maximum absolute atomic E-state index is 5.74. The van der Waals surface area contributed by atoms with E-state index in [0.717, 1.165) is 80.9 Å². The maximum Gasteiger partial charge on any atom is 0.191 e. The fourth-order valence-electron chi connectivity index (χ4n) is 3.07. The van der Waals surface area contributed by atoms with Gasteiger partial charge in [0.25, 0.3) is 0 Å². The summed E-state index contributed by atoms with van der Waals surface area (Å²) in [5.41, 5.74) is 3.01. The highest BCUT2D eigenvalue weighted by atomic mass is 127. The highest BCUT2D eigenvalue weighted by Gasteiger charge is 2.15. The number of halogens is 1. The molecule has 1 aliphatic heterocycles. The first-order valence-electron chi connectivity index (χ1n) is 9.82. The van der Waals surface area contributed by atoms with Crippen molar-refractivity contribution in [3.63, 3.8) is 0 Å². The first-order chi connectivity index (χ1) is 13.2. The Kier molecular flexibility index (Phi) is 12.4. The molecule has 1 aromatic heterocycles. The third-order valence-electron chi connectivity index (χ3n) is 4.62. The Bertz CT molecular complexity index is 607. The van der Waals surface area contributed by atoms with Crippen LogP contribution in [-0.2, 0) is 16.0 Å². The van der Waals surface area contributed by atoms with Crippen LogP contribution in [0.25, 0.3) is 0 Å². The molecule has 28 heavy (non-hydrogen) atoms. The Hall–Kier alpha value is -1.13. The topological polar surface area (TPSA) is 77.0 Å². The lowest BCUT2D eigenvalue weighted by atomic mass is 10.1. The van der Waals surface area contributed by atoms with E-state index in [1.807, 2.05) is 20.0 Å². The number of hydrogen-bond acceptors (Lipinski definition) is 5. The number of pyridine rings is 1. The van der Waals surface area contributed by atoms with E-state index in [9.17, 15) is 0 Å². The van der Waals surface area contributed by atoms with Crippen LogP contribution >= 0.6 is 24.0 Å². The number of hydrogen-bond donors (Lipinski definition) is 2. The van der Waals surface area contributed by atoms with Gasteiger partial charge in [-0.1, -0.05) is 0 Å². The number of aryl methyl sites for hydroxylation is 1. The van der Waals surface area contributed by atoms with Crippen molar-refractivity contribution in [2.75, 3.05) is 46.6 Å². The Labute approximate surface area is 186 Å². The summed E-state index contributed by atoms with van der Waals surface area (Å²) in [4.78, 5) is 9.15. The van der Waals surface area contributed by atoms with Crippen LogP contribution < -0.4 is 15.4 Å². The average molecular weight is 506 g/mol. The molecule has 2 rings (SSSR count). The van der Waals surface area contributed by atoms with Crippen LogP contribution in [0.5, 0.6) is 5.75 Å². The lowest BCUT2D eigenvalue weighted by Gasteiger charge is -2.14. The van der Waals surface area contributed by atoms with Crippen LogP contribution in [0, 0.1) is 19.8 Å². The second kappa shape index (κ2) is 13.9. The highest BCUT2D eigenvalue weighted by Crippen LogP contribution is 2.24. The molecule has 0 spiro atoms. The molecule has 1 fully saturated rings. The summed E-state index contributed by atoms with van der Waals surface area (Å²) in [6, 6.07) is 0. The van der Waals surface area contributed by atoms with E-state index in [4.69, 9.17) is 14.2 Å². The fourth-order valence-corrected chi connectivity index (χ4v) is 3.07. The number of methoxy groups -OCH3 is 1. The van der Waals surface area contributed by atoms with E-state index in [0.29, 0.717) is 12.5 Å². The molecule has 1 aromatic rings. The quantitative estimate of drug-likeness (QED) is 0.220.